The maximum absolute atomic E-state index is 5.37. The van der Waals surface area contributed by atoms with Crippen LogP contribution in [0, 0.1) is 0 Å². The Balaban J connectivity index is 2.12. The zero-order valence-electron chi connectivity index (χ0n) is 6.54. The van der Waals surface area contributed by atoms with E-state index < -0.39 is 5.79 Å². The molecule has 2 rings (SSSR count). The maximum Gasteiger partial charge on any atom is 0.201 e. The highest BCUT2D eigenvalue weighted by Crippen LogP contribution is 2.32. The lowest BCUT2D eigenvalue weighted by atomic mass is 10.1. The maximum atomic E-state index is 5.37. The highest BCUT2D eigenvalue weighted by atomic mass is 16.8. The third-order valence-electron chi connectivity index (χ3n) is 2.27. The fourth-order valence-corrected chi connectivity index (χ4v) is 1.54. The number of ether oxygens (including phenoxy) is 4. The normalized spacial score (nSPS) is 43.9. The molecule has 0 N–H and O–H groups in total. The Labute approximate surface area is 65.4 Å². The third-order valence-corrected chi connectivity index (χ3v) is 2.27. The van der Waals surface area contributed by atoms with Crippen LogP contribution in [-0.2, 0) is 18.9 Å². The van der Waals surface area contributed by atoms with Gasteiger partial charge in [0.15, 0.2) is 6.79 Å². The van der Waals surface area contributed by atoms with Crippen molar-refractivity contribution in [2.24, 2.45) is 0 Å². The van der Waals surface area contributed by atoms with Crippen LogP contribution in [0.15, 0.2) is 0 Å². The highest BCUT2D eigenvalue weighted by molar-refractivity contribution is 4.86. The summed E-state index contributed by atoms with van der Waals surface area (Å²) >= 11 is 0. The first kappa shape index (κ1) is 7.49. The minimum absolute atomic E-state index is 0.0405. The molecule has 0 saturated carbocycles. The Morgan fingerprint density at radius 3 is 3.18 bits per heavy atom. The first-order valence-corrected chi connectivity index (χ1v) is 3.76. The molecule has 0 spiro atoms. The summed E-state index contributed by atoms with van der Waals surface area (Å²) in [6.45, 7) is 1.59. The van der Waals surface area contributed by atoms with Crippen molar-refractivity contribution in [1.29, 1.82) is 0 Å². The molecule has 0 bridgehead atoms. The topological polar surface area (TPSA) is 36.9 Å². The Hall–Kier alpha value is -0.160. The molecule has 2 unspecified atom stereocenters. The van der Waals surface area contributed by atoms with Crippen LogP contribution in [0.5, 0.6) is 0 Å². The predicted octanol–water partition coefficient (Wildman–Crippen LogP) is 0.122. The van der Waals surface area contributed by atoms with E-state index in [9.17, 15) is 0 Å². The van der Waals surface area contributed by atoms with Crippen molar-refractivity contribution in [1.82, 2.24) is 0 Å². The molecule has 2 aliphatic rings. The third kappa shape index (κ3) is 1.06. The summed E-state index contributed by atoms with van der Waals surface area (Å²) in [7, 11) is 1.65. The molecule has 2 aliphatic heterocycles. The fourth-order valence-electron chi connectivity index (χ4n) is 1.54. The molecule has 0 aromatic carbocycles. The molecule has 2 saturated heterocycles. The molecule has 0 aromatic heterocycles. The van der Waals surface area contributed by atoms with Gasteiger partial charge in [-0.3, -0.25) is 0 Å². The average Bonchev–Trinajstić information content (AvgIpc) is 2.48. The molecular formula is C7H12O4. The smallest absolute Gasteiger partial charge is 0.201 e. The Kier molecular flexibility index (Phi) is 1.85. The molecule has 2 fully saturated rings. The quantitative estimate of drug-likeness (QED) is 0.546. The zero-order valence-corrected chi connectivity index (χ0v) is 6.54. The van der Waals surface area contributed by atoms with Gasteiger partial charge >= 0.3 is 0 Å². The van der Waals surface area contributed by atoms with E-state index >= 15 is 0 Å². The number of fused-ring (bicyclic) bond motifs is 1. The van der Waals surface area contributed by atoms with Crippen molar-refractivity contribution in [2.45, 2.75) is 18.3 Å². The lowest BCUT2D eigenvalue weighted by molar-refractivity contribution is -0.236. The predicted molar refractivity (Wildman–Crippen MR) is 36.0 cm³/mol. The summed E-state index contributed by atoms with van der Waals surface area (Å²) in [4.78, 5) is 0. The lowest BCUT2D eigenvalue weighted by Gasteiger charge is -2.34. The average molecular weight is 160 g/mol. The van der Waals surface area contributed by atoms with Gasteiger partial charge in [-0.1, -0.05) is 0 Å². The van der Waals surface area contributed by atoms with Crippen molar-refractivity contribution in [2.75, 3.05) is 27.1 Å². The molecule has 0 aliphatic carbocycles. The molecule has 2 atom stereocenters. The van der Waals surface area contributed by atoms with Crippen molar-refractivity contribution < 1.29 is 18.9 Å². The van der Waals surface area contributed by atoms with Gasteiger partial charge in [-0.25, -0.2) is 0 Å². The standard InChI is InChI=1S/C7H12O4/c1-8-7-2-3-9-4-6(7)10-5-11-7/h6H,2-5H2,1H3. The monoisotopic (exact) mass is 160 g/mol. The summed E-state index contributed by atoms with van der Waals surface area (Å²) < 4.78 is 21.1. The Morgan fingerprint density at radius 2 is 2.45 bits per heavy atom. The summed E-state index contributed by atoms with van der Waals surface area (Å²) in [5, 5.41) is 0. The summed E-state index contributed by atoms with van der Waals surface area (Å²) in [6, 6.07) is 0. The van der Waals surface area contributed by atoms with Gasteiger partial charge in [0, 0.05) is 13.5 Å². The van der Waals surface area contributed by atoms with Crippen LogP contribution in [0.1, 0.15) is 6.42 Å². The van der Waals surface area contributed by atoms with Crippen LogP contribution in [0.4, 0.5) is 0 Å². The number of hydrogen-bond acceptors (Lipinski definition) is 4. The summed E-state index contributed by atoms with van der Waals surface area (Å²) in [6.07, 6.45) is 0.718. The van der Waals surface area contributed by atoms with E-state index in [0.717, 1.165) is 6.42 Å². The van der Waals surface area contributed by atoms with Gasteiger partial charge in [0.2, 0.25) is 5.79 Å². The van der Waals surface area contributed by atoms with Crippen molar-refractivity contribution in [3.05, 3.63) is 0 Å². The van der Waals surface area contributed by atoms with E-state index in [1.807, 2.05) is 0 Å². The first-order chi connectivity index (χ1) is 5.37. The van der Waals surface area contributed by atoms with Crippen LogP contribution in [0.3, 0.4) is 0 Å². The second-order valence-electron chi connectivity index (χ2n) is 2.76. The van der Waals surface area contributed by atoms with Crippen LogP contribution >= 0.6 is 0 Å². The van der Waals surface area contributed by atoms with Gasteiger partial charge < -0.3 is 18.9 Å². The van der Waals surface area contributed by atoms with Crippen LogP contribution in [-0.4, -0.2) is 39.0 Å². The fraction of sp³-hybridized carbons (Fsp3) is 1.00. The van der Waals surface area contributed by atoms with E-state index in [1.54, 1.807) is 7.11 Å². The van der Waals surface area contributed by atoms with E-state index in [4.69, 9.17) is 18.9 Å². The summed E-state index contributed by atoms with van der Waals surface area (Å²) in [5.74, 6) is -0.516. The van der Waals surface area contributed by atoms with E-state index in [1.165, 1.54) is 0 Å². The molecule has 11 heavy (non-hydrogen) atoms. The molecule has 0 amide bonds. The number of rotatable bonds is 1. The zero-order chi connectivity index (χ0) is 7.73. The molecule has 4 heteroatoms. The van der Waals surface area contributed by atoms with Crippen molar-refractivity contribution in [3.8, 4) is 0 Å². The largest absolute Gasteiger partial charge is 0.378 e. The number of hydrogen-bond donors (Lipinski definition) is 0. The van der Waals surface area contributed by atoms with Gasteiger partial charge in [0.1, 0.15) is 6.10 Å². The van der Waals surface area contributed by atoms with Crippen molar-refractivity contribution in [3.63, 3.8) is 0 Å². The SMILES string of the molecule is COC12CCOCC1OCO2. The van der Waals surface area contributed by atoms with Gasteiger partial charge in [-0.2, -0.15) is 0 Å². The van der Waals surface area contributed by atoms with Gasteiger partial charge in [0.05, 0.1) is 13.2 Å². The molecule has 0 aromatic rings. The molecule has 0 radical (unpaired) electrons. The number of methoxy groups -OCH3 is 1. The van der Waals surface area contributed by atoms with Crippen LogP contribution in [0.2, 0.25) is 0 Å². The summed E-state index contributed by atoms with van der Waals surface area (Å²) in [5.41, 5.74) is 0. The lowest BCUT2D eigenvalue weighted by Crippen LogP contribution is -2.48. The van der Waals surface area contributed by atoms with Gasteiger partial charge in [-0.05, 0) is 0 Å². The Bertz CT molecular complexity index is 149. The minimum atomic E-state index is -0.516. The van der Waals surface area contributed by atoms with Crippen LogP contribution in [0.25, 0.3) is 0 Å². The first-order valence-electron chi connectivity index (χ1n) is 3.76. The molecule has 2 heterocycles. The van der Waals surface area contributed by atoms with Crippen molar-refractivity contribution >= 4 is 0 Å². The highest BCUT2D eigenvalue weighted by Gasteiger charge is 2.48. The molecule has 64 valence electrons. The second kappa shape index (κ2) is 2.71. The van der Waals surface area contributed by atoms with Gasteiger partial charge in [0.25, 0.3) is 0 Å². The van der Waals surface area contributed by atoms with E-state index in [-0.39, 0.29) is 6.10 Å². The van der Waals surface area contributed by atoms with E-state index in [2.05, 4.69) is 0 Å². The molecule has 4 nitrogen and oxygen atoms in total. The Morgan fingerprint density at radius 1 is 1.55 bits per heavy atom. The minimum Gasteiger partial charge on any atom is -0.378 e. The second-order valence-corrected chi connectivity index (χ2v) is 2.76. The van der Waals surface area contributed by atoms with E-state index in [0.29, 0.717) is 20.0 Å². The van der Waals surface area contributed by atoms with Crippen LogP contribution < -0.4 is 0 Å². The van der Waals surface area contributed by atoms with Gasteiger partial charge in [-0.15, -0.1) is 0 Å². The molecular weight excluding hydrogens is 148 g/mol.